The number of hydrogen-bond donors (Lipinski definition) is 2. The number of carbonyl (C=O) groups excluding carboxylic acids is 1. The van der Waals surface area contributed by atoms with E-state index in [0.29, 0.717) is 13.0 Å². The second-order valence-corrected chi connectivity index (χ2v) is 5.44. The average molecular weight is 289 g/mol. The summed E-state index contributed by atoms with van der Waals surface area (Å²) in [5.41, 5.74) is 2.05. The molecule has 1 aromatic heterocycles. The fourth-order valence-corrected chi connectivity index (χ4v) is 2.97. The summed E-state index contributed by atoms with van der Waals surface area (Å²) in [5.74, 6) is -0.371. The number of aromatic amines is 1. The van der Waals surface area contributed by atoms with Gasteiger partial charge in [0.25, 0.3) is 0 Å². The fraction of sp³-hybridized carbons (Fsp3) is 0.467. The highest BCUT2D eigenvalue weighted by Crippen LogP contribution is 2.22. The number of esters is 1. The van der Waals surface area contributed by atoms with E-state index in [9.17, 15) is 9.90 Å². The van der Waals surface area contributed by atoms with E-state index in [1.165, 1.54) is 7.11 Å². The van der Waals surface area contributed by atoms with Gasteiger partial charge in [0.2, 0.25) is 0 Å². The van der Waals surface area contributed by atoms with E-state index < -0.39 is 12.1 Å². The Balaban J connectivity index is 1.81. The first-order valence-electron chi connectivity index (χ1n) is 7.11. The van der Waals surface area contributed by atoms with Crippen LogP contribution in [0.5, 0.6) is 0 Å². The molecule has 0 aliphatic carbocycles. The maximum atomic E-state index is 11.9. The van der Waals surface area contributed by atoms with Crippen LogP contribution in [0.2, 0.25) is 0 Å². The van der Waals surface area contributed by atoms with E-state index in [1.54, 1.807) is 6.20 Å². The maximum Gasteiger partial charge on any atom is 0.325 e. The molecule has 112 valence electrons. The minimum Gasteiger partial charge on any atom is -0.468 e. The van der Waals surface area contributed by atoms with Crippen molar-refractivity contribution >= 4 is 16.9 Å². The van der Waals surface area contributed by atoms with Gasteiger partial charge in [-0.3, -0.25) is 14.8 Å². The minimum atomic E-state index is -0.665. The first kappa shape index (κ1) is 14.0. The molecule has 1 aliphatic rings. The van der Waals surface area contributed by atoms with Crippen LogP contribution in [0.15, 0.2) is 24.4 Å². The standard InChI is InChI=1S/C15H19N3O3/c1-21-15(20)14-13(19)3-2-6-18(14)9-10-4-5-11-8-16-17-12(11)7-10/h4-5,7-8,13-14,19H,2-3,6,9H2,1H3,(H,16,17)/t13-,14-/m1/s1. The van der Waals surface area contributed by atoms with Gasteiger partial charge in [-0.2, -0.15) is 5.10 Å². The monoisotopic (exact) mass is 289 g/mol. The molecule has 0 radical (unpaired) electrons. The van der Waals surface area contributed by atoms with Crippen LogP contribution in [0.4, 0.5) is 0 Å². The molecule has 3 rings (SSSR count). The van der Waals surface area contributed by atoms with Gasteiger partial charge in [0.05, 0.1) is 24.9 Å². The van der Waals surface area contributed by atoms with Crippen molar-refractivity contribution < 1.29 is 14.6 Å². The number of aromatic nitrogens is 2. The van der Waals surface area contributed by atoms with Crippen molar-refractivity contribution in [1.82, 2.24) is 15.1 Å². The second kappa shape index (κ2) is 5.83. The van der Waals surface area contributed by atoms with Gasteiger partial charge in [-0.15, -0.1) is 0 Å². The van der Waals surface area contributed by atoms with E-state index in [2.05, 4.69) is 10.2 Å². The number of likely N-dealkylation sites (tertiary alicyclic amines) is 1. The third kappa shape index (κ3) is 2.77. The number of methoxy groups -OCH3 is 1. The predicted molar refractivity (Wildman–Crippen MR) is 77.5 cm³/mol. The second-order valence-electron chi connectivity index (χ2n) is 5.44. The first-order valence-corrected chi connectivity index (χ1v) is 7.11. The van der Waals surface area contributed by atoms with Crippen molar-refractivity contribution in [1.29, 1.82) is 0 Å². The molecule has 0 saturated carbocycles. The molecule has 2 heterocycles. The van der Waals surface area contributed by atoms with E-state index in [1.807, 2.05) is 23.1 Å². The van der Waals surface area contributed by atoms with Gasteiger partial charge in [0.15, 0.2) is 0 Å². The summed E-state index contributed by atoms with van der Waals surface area (Å²) in [6.45, 7) is 1.38. The number of aliphatic hydroxyl groups excluding tert-OH is 1. The molecule has 1 saturated heterocycles. The molecule has 1 aliphatic heterocycles. The highest BCUT2D eigenvalue weighted by atomic mass is 16.5. The average Bonchev–Trinajstić information content (AvgIpc) is 2.94. The zero-order valence-corrected chi connectivity index (χ0v) is 12.0. The van der Waals surface area contributed by atoms with Crippen LogP contribution in [-0.4, -0.2) is 52.0 Å². The summed E-state index contributed by atoms with van der Waals surface area (Å²) in [6.07, 6.45) is 2.62. The Kier molecular flexibility index (Phi) is 3.90. The minimum absolute atomic E-state index is 0.371. The van der Waals surface area contributed by atoms with Crippen molar-refractivity contribution in [3.63, 3.8) is 0 Å². The van der Waals surface area contributed by atoms with Gasteiger partial charge in [-0.1, -0.05) is 12.1 Å². The predicted octanol–water partition coefficient (Wildman–Crippen LogP) is 1.06. The summed E-state index contributed by atoms with van der Waals surface area (Å²) in [6, 6.07) is 5.47. The number of rotatable bonds is 3. The molecule has 1 aromatic carbocycles. The van der Waals surface area contributed by atoms with Gasteiger partial charge in [0.1, 0.15) is 6.04 Å². The summed E-state index contributed by atoms with van der Waals surface area (Å²) in [5, 5.41) is 18.1. The molecule has 0 bridgehead atoms. The number of hydrogen-bond acceptors (Lipinski definition) is 5. The van der Waals surface area contributed by atoms with Crippen molar-refractivity contribution in [2.24, 2.45) is 0 Å². The zero-order valence-electron chi connectivity index (χ0n) is 12.0. The van der Waals surface area contributed by atoms with E-state index in [-0.39, 0.29) is 5.97 Å². The Bertz CT molecular complexity index is 640. The third-order valence-corrected chi connectivity index (χ3v) is 4.04. The molecule has 2 N–H and O–H groups in total. The summed E-state index contributed by atoms with van der Waals surface area (Å²) < 4.78 is 4.83. The molecule has 6 nitrogen and oxygen atoms in total. The molecule has 6 heteroatoms. The number of carbonyl (C=O) groups is 1. The smallest absolute Gasteiger partial charge is 0.325 e. The highest BCUT2D eigenvalue weighted by Gasteiger charge is 2.36. The lowest BCUT2D eigenvalue weighted by molar-refractivity contribution is -0.154. The van der Waals surface area contributed by atoms with Crippen LogP contribution in [0.3, 0.4) is 0 Å². The SMILES string of the molecule is COC(=O)[C@H]1[C@H](O)CCCN1Cc1ccc2cn[nH]c2c1. The summed E-state index contributed by atoms with van der Waals surface area (Å²) >= 11 is 0. The summed E-state index contributed by atoms with van der Waals surface area (Å²) in [7, 11) is 1.36. The molecular formula is C15H19N3O3. The van der Waals surface area contributed by atoms with Crippen molar-refractivity contribution in [2.45, 2.75) is 31.5 Å². The lowest BCUT2D eigenvalue weighted by Gasteiger charge is -2.37. The van der Waals surface area contributed by atoms with Crippen LogP contribution in [0.1, 0.15) is 18.4 Å². The Morgan fingerprint density at radius 1 is 1.57 bits per heavy atom. The number of ether oxygens (including phenoxy) is 1. The van der Waals surface area contributed by atoms with Crippen molar-refractivity contribution in [3.8, 4) is 0 Å². The van der Waals surface area contributed by atoms with Crippen LogP contribution in [-0.2, 0) is 16.1 Å². The Labute approximate surface area is 122 Å². The van der Waals surface area contributed by atoms with E-state index in [0.717, 1.165) is 29.4 Å². The number of benzene rings is 1. The molecule has 21 heavy (non-hydrogen) atoms. The van der Waals surface area contributed by atoms with Crippen LogP contribution >= 0.6 is 0 Å². The van der Waals surface area contributed by atoms with Gasteiger partial charge < -0.3 is 9.84 Å². The molecule has 0 amide bonds. The normalized spacial score (nSPS) is 23.3. The summed E-state index contributed by atoms with van der Waals surface area (Å²) in [4.78, 5) is 13.9. The van der Waals surface area contributed by atoms with Gasteiger partial charge >= 0.3 is 5.97 Å². The quantitative estimate of drug-likeness (QED) is 0.826. The molecular weight excluding hydrogens is 270 g/mol. The lowest BCUT2D eigenvalue weighted by atomic mass is 9.98. The van der Waals surface area contributed by atoms with Crippen molar-refractivity contribution in [2.75, 3.05) is 13.7 Å². The molecule has 2 atom stereocenters. The number of aliphatic hydroxyl groups is 1. The molecule has 0 spiro atoms. The maximum absolute atomic E-state index is 11.9. The Morgan fingerprint density at radius 2 is 2.43 bits per heavy atom. The number of nitrogens with zero attached hydrogens (tertiary/aromatic N) is 2. The van der Waals surface area contributed by atoms with Crippen molar-refractivity contribution in [3.05, 3.63) is 30.0 Å². The third-order valence-electron chi connectivity index (χ3n) is 4.04. The lowest BCUT2D eigenvalue weighted by Crippen LogP contribution is -2.52. The number of nitrogens with one attached hydrogen (secondary N) is 1. The first-order chi connectivity index (χ1) is 10.2. The molecule has 0 unspecified atom stereocenters. The van der Waals surface area contributed by atoms with Crippen LogP contribution in [0.25, 0.3) is 10.9 Å². The highest BCUT2D eigenvalue weighted by molar-refractivity contribution is 5.78. The number of H-pyrrole nitrogens is 1. The van der Waals surface area contributed by atoms with E-state index in [4.69, 9.17) is 4.74 Å². The largest absolute Gasteiger partial charge is 0.468 e. The topological polar surface area (TPSA) is 78.5 Å². The van der Waals surface area contributed by atoms with Gasteiger partial charge in [0, 0.05) is 11.9 Å². The number of piperidine rings is 1. The molecule has 2 aromatic rings. The Morgan fingerprint density at radius 3 is 3.24 bits per heavy atom. The fourth-order valence-electron chi connectivity index (χ4n) is 2.97. The Hall–Kier alpha value is -1.92. The molecule has 1 fully saturated rings. The van der Waals surface area contributed by atoms with Crippen LogP contribution in [0, 0.1) is 0 Å². The zero-order chi connectivity index (χ0) is 14.8. The van der Waals surface area contributed by atoms with Crippen LogP contribution < -0.4 is 0 Å². The van der Waals surface area contributed by atoms with Gasteiger partial charge in [-0.05, 0) is 31.0 Å². The van der Waals surface area contributed by atoms with Gasteiger partial charge in [-0.25, -0.2) is 0 Å². The van der Waals surface area contributed by atoms with E-state index >= 15 is 0 Å². The number of fused-ring (bicyclic) bond motifs is 1.